The van der Waals surface area contributed by atoms with Crippen LogP contribution >= 0.6 is 0 Å². The molecule has 0 fully saturated rings. The lowest BCUT2D eigenvalue weighted by atomic mass is 10.2. The zero-order chi connectivity index (χ0) is 8.43. The summed E-state index contributed by atoms with van der Waals surface area (Å²) in [6, 6.07) is 2.06. The van der Waals surface area contributed by atoms with Crippen LogP contribution in [0.25, 0.3) is 6.08 Å². The summed E-state index contributed by atoms with van der Waals surface area (Å²) in [5, 5.41) is 0. The minimum Gasteiger partial charge on any atom is -0.462 e. The average molecular weight is 150 g/mol. The van der Waals surface area contributed by atoms with Crippen molar-refractivity contribution in [1.82, 2.24) is 0 Å². The Morgan fingerprint density at radius 2 is 2.00 bits per heavy atom. The van der Waals surface area contributed by atoms with Gasteiger partial charge in [-0.2, -0.15) is 0 Å². The molecule has 0 amide bonds. The molecule has 0 aliphatic rings. The van der Waals surface area contributed by atoms with E-state index in [0.717, 1.165) is 11.5 Å². The largest absolute Gasteiger partial charge is 0.462 e. The standard InChI is InChI=1S/C10H14O/c1-7(2)5-10-6-8(3)9(4)11-10/h5-6H,1-4H3. The van der Waals surface area contributed by atoms with Crippen molar-refractivity contribution in [2.24, 2.45) is 0 Å². The predicted molar refractivity (Wildman–Crippen MR) is 47.5 cm³/mol. The summed E-state index contributed by atoms with van der Waals surface area (Å²) in [6.07, 6.45) is 2.04. The van der Waals surface area contributed by atoms with Crippen LogP contribution in [0.2, 0.25) is 0 Å². The zero-order valence-electron chi connectivity index (χ0n) is 7.56. The molecule has 0 saturated heterocycles. The Hall–Kier alpha value is -0.980. The van der Waals surface area contributed by atoms with Crippen LogP contribution in [0.5, 0.6) is 0 Å². The Bertz CT molecular complexity index is 256. The van der Waals surface area contributed by atoms with Gasteiger partial charge in [0, 0.05) is 0 Å². The molecule has 11 heavy (non-hydrogen) atoms. The highest BCUT2D eigenvalue weighted by Gasteiger charge is 1.99. The first-order valence-corrected chi connectivity index (χ1v) is 3.81. The number of allylic oxidation sites excluding steroid dienone is 1. The van der Waals surface area contributed by atoms with Gasteiger partial charge in [0.25, 0.3) is 0 Å². The Balaban J connectivity index is 2.98. The van der Waals surface area contributed by atoms with E-state index in [1.54, 1.807) is 0 Å². The van der Waals surface area contributed by atoms with Crippen LogP contribution in [0.15, 0.2) is 16.1 Å². The van der Waals surface area contributed by atoms with Crippen LogP contribution in [0.4, 0.5) is 0 Å². The summed E-state index contributed by atoms with van der Waals surface area (Å²) in [6.45, 7) is 8.17. The molecular weight excluding hydrogens is 136 g/mol. The van der Waals surface area contributed by atoms with E-state index in [2.05, 4.69) is 26.8 Å². The van der Waals surface area contributed by atoms with Crippen LogP contribution < -0.4 is 0 Å². The van der Waals surface area contributed by atoms with E-state index in [-0.39, 0.29) is 0 Å². The quantitative estimate of drug-likeness (QED) is 0.598. The fourth-order valence-corrected chi connectivity index (χ4v) is 0.957. The lowest BCUT2D eigenvalue weighted by Gasteiger charge is -1.86. The lowest BCUT2D eigenvalue weighted by Crippen LogP contribution is -1.64. The molecule has 0 aliphatic heterocycles. The molecule has 0 aliphatic carbocycles. The maximum atomic E-state index is 5.45. The first-order chi connectivity index (χ1) is 5.09. The van der Waals surface area contributed by atoms with E-state index in [4.69, 9.17) is 4.42 Å². The Kier molecular flexibility index (Phi) is 2.18. The van der Waals surface area contributed by atoms with E-state index < -0.39 is 0 Å². The molecule has 60 valence electrons. The number of furan rings is 1. The van der Waals surface area contributed by atoms with Crippen LogP contribution in [0, 0.1) is 13.8 Å². The number of hydrogen-bond acceptors (Lipinski definition) is 1. The van der Waals surface area contributed by atoms with Gasteiger partial charge in [-0.3, -0.25) is 0 Å². The predicted octanol–water partition coefficient (Wildman–Crippen LogP) is 3.32. The van der Waals surface area contributed by atoms with Gasteiger partial charge < -0.3 is 4.42 Å². The summed E-state index contributed by atoms with van der Waals surface area (Å²) in [5.74, 6) is 1.97. The molecule has 1 nitrogen and oxygen atoms in total. The maximum Gasteiger partial charge on any atom is 0.127 e. The monoisotopic (exact) mass is 150 g/mol. The highest BCUT2D eigenvalue weighted by molar-refractivity contribution is 5.47. The summed E-state index contributed by atoms with van der Waals surface area (Å²) >= 11 is 0. The molecule has 1 heterocycles. The van der Waals surface area contributed by atoms with Gasteiger partial charge in [0.05, 0.1) is 0 Å². The van der Waals surface area contributed by atoms with Gasteiger partial charge in [-0.05, 0) is 45.4 Å². The molecule has 0 radical (unpaired) electrons. The van der Waals surface area contributed by atoms with Gasteiger partial charge in [0.2, 0.25) is 0 Å². The molecule has 1 aromatic rings. The minimum atomic E-state index is 0.958. The fraction of sp³-hybridized carbons (Fsp3) is 0.400. The van der Waals surface area contributed by atoms with Gasteiger partial charge in [-0.25, -0.2) is 0 Å². The zero-order valence-corrected chi connectivity index (χ0v) is 7.56. The van der Waals surface area contributed by atoms with Gasteiger partial charge in [-0.1, -0.05) is 5.57 Å². The van der Waals surface area contributed by atoms with Crippen molar-refractivity contribution in [2.75, 3.05) is 0 Å². The molecule has 1 rings (SSSR count). The third kappa shape index (κ3) is 1.97. The summed E-state index contributed by atoms with van der Waals surface area (Å²) < 4.78 is 5.45. The number of rotatable bonds is 1. The molecule has 1 heteroatoms. The van der Waals surface area contributed by atoms with E-state index in [1.165, 1.54) is 11.1 Å². The second-order valence-electron chi connectivity index (χ2n) is 3.11. The van der Waals surface area contributed by atoms with Crippen molar-refractivity contribution in [3.8, 4) is 0 Å². The van der Waals surface area contributed by atoms with Crippen molar-refractivity contribution in [2.45, 2.75) is 27.7 Å². The Labute approximate surface area is 67.7 Å². The molecule has 0 bridgehead atoms. The number of aryl methyl sites for hydroxylation is 2. The van der Waals surface area contributed by atoms with Crippen molar-refractivity contribution in [1.29, 1.82) is 0 Å². The van der Waals surface area contributed by atoms with Crippen molar-refractivity contribution in [3.05, 3.63) is 28.7 Å². The van der Waals surface area contributed by atoms with Gasteiger partial charge in [-0.15, -0.1) is 0 Å². The van der Waals surface area contributed by atoms with Crippen LogP contribution in [0.1, 0.15) is 30.9 Å². The van der Waals surface area contributed by atoms with Gasteiger partial charge >= 0.3 is 0 Å². The van der Waals surface area contributed by atoms with E-state index in [0.29, 0.717) is 0 Å². The average Bonchev–Trinajstić information content (AvgIpc) is 2.10. The first kappa shape index (κ1) is 8.12. The SMILES string of the molecule is CC(C)=Cc1cc(C)c(C)o1. The van der Waals surface area contributed by atoms with Crippen LogP contribution in [0.3, 0.4) is 0 Å². The highest BCUT2D eigenvalue weighted by Crippen LogP contribution is 2.15. The molecule has 1 aromatic heterocycles. The van der Waals surface area contributed by atoms with Gasteiger partial charge in [0.1, 0.15) is 11.5 Å². The van der Waals surface area contributed by atoms with E-state index in [1.807, 2.05) is 13.0 Å². The van der Waals surface area contributed by atoms with Crippen molar-refractivity contribution < 1.29 is 4.42 Å². The third-order valence-electron chi connectivity index (χ3n) is 1.62. The molecular formula is C10H14O. The molecule has 0 aromatic carbocycles. The topological polar surface area (TPSA) is 13.1 Å². The molecule has 0 N–H and O–H groups in total. The first-order valence-electron chi connectivity index (χ1n) is 3.81. The van der Waals surface area contributed by atoms with Crippen molar-refractivity contribution >= 4 is 6.08 Å². The molecule has 0 atom stereocenters. The maximum absolute atomic E-state index is 5.45. The normalized spacial score (nSPS) is 9.82. The molecule has 0 unspecified atom stereocenters. The second-order valence-corrected chi connectivity index (χ2v) is 3.11. The Morgan fingerprint density at radius 1 is 1.36 bits per heavy atom. The number of hydrogen-bond donors (Lipinski definition) is 0. The van der Waals surface area contributed by atoms with Crippen LogP contribution in [-0.2, 0) is 0 Å². The summed E-state index contributed by atoms with van der Waals surface area (Å²) in [5.41, 5.74) is 2.48. The summed E-state index contributed by atoms with van der Waals surface area (Å²) in [4.78, 5) is 0. The van der Waals surface area contributed by atoms with E-state index >= 15 is 0 Å². The third-order valence-corrected chi connectivity index (χ3v) is 1.62. The second kappa shape index (κ2) is 2.95. The molecule has 0 saturated carbocycles. The smallest absolute Gasteiger partial charge is 0.127 e. The van der Waals surface area contributed by atoms with Crippen LogP contribution in [-0.4, -0.2) is 0 Å². The lowest BCUT2D eigenvalue weighted by molar-refractivity contribution is 0.522. The fourth-order valence-electron chi connectivity index (χ4n) is 0.957. The summed E-state index contributed by atoms with van der Waals surface area (Å²) in [7, 11) is 0. The van der Waals surface area contributed by atoms with Crippen molar-refractivity contribution in [3.63, 3.8) is 0 Å². The van der Waals surface area contributed by atoms with E-state index in [9.17, 15) is 0 Å². The van der Waals surface area contributed by atoms with Gasteiger partial charge in [0.15, 0.2) is 0 Å². The minimum absolute atomic E-state index is 0.958. The highest BCUT2D eigenvalue weighted by atomic mass is 16.3. The Morgan fingerprint density at radius 3 is 2.36 bits per heavy atom. The molecule has 0 spiro atoms.